The van der Waals surface area contributed by atoms with E-state index < -0.39 is 40.3 Å². The average molecular weight is 952 g/mol. The molecule has 356 valence electrons. The predicted octanol–water partition coefficient (Wildman–Crippen LogP) is 7.36. The maximum atomic E-state index is 13.6. The SMILES string of the molecule is CCOC(=O)c1cc(C#N)c(N2CCN(C(=O)Nc3ccc(N(C)C)cc3)CC2)nc1C(F)(F)F.CCOC(=O)c1cnc(N2CCN(C(=O)Nc3cc(C)c(C)cc3[N+](=O)[O-])CC2)c(Cl)c1. The van der Waals surface area contributed by atoms with Crippen LogP contribution in [0.4, 0.5) is 57.1 Å². The topological polar surface area (TPSA) is 220 Å². The van der Waals surface area contributed by atoms with Crippen LogP contribution in [0.25, 0.3) is 0 Å². The van der Waals surface area contributed by atoms with E-state index in [1.807, 2.05) is 49.0 Å². The zero-order chi connectivity index (χ0) is 49.2. The molecule has 2 aliphatic heterocycles. The Hall–Kier alpha value is -7.41. The van der Waals surface area contributed by atoms with Gasteiger partial charge in [-0.05, 0) is 81.3 Å². The summed E-state index contributed by atoms with van der Waals surface area (Å²) >= 11 is 6.32. The lowest BCUT2D eigenvalue weighted by Crippen LogP contribution is -2.50. The van der Waals surface area contributed by atoms with Crippen molar-refractivity contribution < 1.29 is 46.7 Å². The highest BCUT2D eigenvalue weighted by Gasteiger charge is 2.40. The van der Waals surface area contributed by atoms with E-state index in [4.69, 9.17) is 21.1 Å². The van der Waals surface area contributed by atoms with Crippen LogP contribution in [0.5, 0.6) is 0 Å². The number of nitro benzene ring substituents is 1. The monoisotopic (exact) mass is 951 g/mol. The molecule has 0 atom stereocenters. The molecule has 2 aromatic heterocycles. The number of pyridine rings is 2. The summed E-state index contributed by atoms with van der Waals surface area (Å²) < 4.78 is 50.6. The van der Waals surface area contributed by atoms with Crippen molar-refractivity contribution in [3.05, 3.63) is 103 Å². The Balaban J connectivity index is 0.000000252. The lowest BCUT2D eigenvalue weighted by atomic mass is 10.1. The van der Waals surface area contributed by atoms with Crippen molar-refractivity contribution in [1.29, 1.82) is 5.26 Å². The molecule has 4 heterocycles. The number of nitriles is 1. The summed E-state index contributed by atoms with van der Waals surface area (Å²) in [5.74, 6) is -1.36. The number of carbonyl (C=O) groups excluding carboxylic acids is 4. The Labute approximate surface area is 389 Å². The second-order valence-corrected chi connectivity index (χ2v) is 15.7. The zero-order valence-electron chi connectivity index (χ0n) is 37.6. The standard InChI is InChI=1S/C23H25F3N6O3.C21H24ClN5O5/c1-4-35-21(33)18-13-15(14-27)20(29-19(18)23(24,25)26)31-9-11-32(12-10-31)22(34)28-16-5-7-17(8-6-16)30(2)3;1-4-32-20(28)15-11-16(22)19(23-12-15)25-5-7-26(8-6-25)21(29)24-17-9-13(2)14(3)10-18(17)27(30)31/h5-8,13H,4,9-12H2,1-3H3,(H,28,34);9-12H,4-8H2,1-3H3,(H,24,29). The number of urea groups is 2. The summed E-state index contributed by atoms with van der Waals surface area (Å²) in [5, 5.41) is 26.6. The first kappa shape index (κ1) is 50.6. The molecule has 2 N–H and O–H groups in total. The number of hydrogen-bond acceptors (Lipinski definition) is 14. The minimum Gasteiger partial charge on any atom is -0.462 e. The van der Waals surface area contributed by atoms with E-state index >= 15 is 0 Å². The number of nitrogens with one attached hydrogen (secondary N) is 2. The third-order valence-electron chi connectivity index (χ3n) is 10.6. The lowest BCUT2D eigenvalue weighted by Gasteiger charge is -2.36. The van der Waals surface area contributed by atoms with Gasteiger partial charge in [0.25, 0.3) is 5.69 Å². The van der Waals surface area contributed by atoms with Crippen molar-refractivity contribution in [2.24, 2.45) is 0 Å². The number of nitrogens with zero attached hydrogens (tertiary/aromatic N) is 9. The Morgan fingerprint density at radius 2 is 1.37 bits per heavy atom. The van der Waals surface area contributed by atoms with Crippen LogP contribution in [0.15, 0.2) is 54.7 Å². The number of piperazine rings is 2. The van der Waals surface area contributed by atoms with E-state index in [-0.39, 0.29) is 73.7 Å². The summed E-state index contributed by atoms with van der Waals surface area (Å²) in [7, 11) is 3.81. The van der Waals surface area contributed by atoms with Crippen LogP contribution in [0, 0.1) is 35.3 Å². The fraction of sp³-hybridized carbons (Fsp3) is 0.386. The highest BCUT2D eigenvalue weighted by molar-refractivity contribution is 6.33. The molecular weight excluding hydrogens is 903 g/mol. The minimum absolute atomic E-state index is 0.121. The highest BCUT2D eigenvalue weighted by atomic mass is 35.5. The van der Waals surface area contributed by atoms with Gasteiger partial charge >= 0.3 is 30.2 Å². The normalized spacial score (nSPS) is 13.7. The number of carbonyl (C=O) groups is 4. The Morgan fingerprint density at radius 1 is 0.836 bits per heavy atom. The average Bonchev–Trinajstić information content (AvgIpc) is 3.29. The molecule has 23 heteroatoms. The number of hydrogen-bond donors (Lipinski definition) is 2. The molecule has 4 amide bonds. The van der Waals surface area contributed by atoms with Gasteiger partial charge < -0.3 is 44.6 Å². The van der Waals surface area contributed by atoms with Gasteiger partial charge in [0.05, 0.1) is 39.9 Å². The number of aryl methyl sites for hydroxylation is 2. The van der Waals surface area contributed by atoms with Crippen LogP contribution < -0.4 is 25.3 Å². The number of ether oxygens (including phenoxy) is 2. The first-order chi connectivity index (χ1) is 31.7. The number of aromatic nitrogens is 2. The summed E-state index contributed by atoms with van der Waals surface area (Å²) in [6, 6.07) is 13.8. The number of amides is 4. The molecule has 0 radical (unpaired) electrons. The van der Waals surface area contributed by atoms with Gasteiger partial charge in [0.1, 0.15) is 23.4 Å². The second kappa shape index (κ2) is 22.2. The van der Waals surface area contributed by atoms with Gasteiger partial charge in [-0.3, -0.25) is 10.1 Å². The van der Waals surface area contributed by atoms with Crippen molar-refractivity contribution in [3.63, 3.8) is 0 Å². The van der Waals surface area contributed by atoms with Crippen molar-refractivity contribution in [2.45, 2.75) is 33.9 Å². The van der Waals surface area contributed by atoms with Crippen molar-refractivity contribution in [1.82, 2.24) is 19.8 Å². The van der Waals surface area contributed by atoms with E-state index in [0.29, 0.717) is 42.7 Å². The third kappa shape index (κ3) is 12.7. The molecule has 19 nitrogen and oxygen atoms in total. The van der Waals surface area contributed by atoms with Crippen LogP contribution in [0.2, 0.25) is 5.02 Å². The van der Waals surface area contributed by atoms with Gasteiger partial charge in [-0.15, -0.1) is 0 Å². The number of benzene rings is 2. The lowest BCUT2D eigenvalue weighted by molar-refractivity contribution is -0.384. The summed E-state index contributed by atoms with van der Waals surface area (Å²) in [6.07, 6.45) is -3.51. The quantitative estimate of drug-likeness (QED) is 0.0902. The molecule has 6 rings (SSSR count). The Kier molecular flexibility index (Phi) is 16.8. The fourth-order valence-corrected chi connectivity index (χ4v) is 7.22. The smallest absolute Gasteiger partial charge is 0.434 e. The fourth-order valence-electron chi connectivity index (χ4n) is 6.93. The van der Waals surface area contributed by atoms with Gasteiger partial charge in [-0.2, -0.15) is 18.4 Å². The van der Waals surface area contributed by atoms with Crippen LogP contribution in [-0.2, 0) is 15.7 Å². The number of anilines is 5. The van der Waals surface area contributed by atoms with E-state index in [0.717, 1.165) is 22.9 Å². The molecule has 0 unspecified atom stereocenters. The molecule has 0 spiro atoms. The van der Waals surface area contributed by atoms with Gasteiger partial charge in [0.2, 0.25) is 0 Å². The summed E-state index contributed by atoms with van der Waals surface area (Å²) in [6.45, 7) is 9.34. The maximum Gasteiger partial charge on any atom is 0.434 e. The number of esters is 2. The first-order valence-electron chi connectivity index (χ1n) is 20.9. The molecular formula is C44H49ClF3N11O8. The molecule has 2 saturated heterocycles. The predicted molar refractivity (Wildman–Crippen MR) is 244 cm³/mol. The van der Waals surface area contributed by atoms with Crippen LogP contribution in [0.1, 0.15) is 56.9 Å². The van der Waals surface area contributed by atoms with E-state index in [2.05, 4.69) is 20.6 Å². The number of rotatable bonds is 10. The summed E-state index contributed by atoms with van der Waals surface area (Å²) in [4.78, 5) is 76.5. The molecule has 4 aromatic rings. The van der Waals surface area contributed by atoms with E-state index in [1.165, 1.54) is 35.1 Å². The van der Waals surface area contributed by atoms with E-state index in [9.17, 15) is 47.7 Å². The van der Waals surface area contributed by atoms with E-state index in [1.54, 1.807) is 36.9 Å². The van der Waals surface area contributed by atoms with Crippen LogP contribution >= 0.6 is 11.6 Å². The Bertz CT molecular complexity index is 2520. The molecule has 0 saturated carbocycles. The van der Waals surface area contributed by atoms with Crippen molar-refractivity contribution in [3.8, 4) is 6.07 Å². The number of halogens is 4. The number of alkyl halides is 3. The zero-order valence-corrected chi connectivity index (χ0v) is 38.3. The van der Waals surface area contributed by atoms with Crippen LogP contribution in [0.3, 0.4) is 0 Å². The van der Waals surface area contributed by atoms with Crippen molar-refractivity contribution in [2.75, 3.05) is 105 Å². The van der Waals surface area contributed by atoms with Gasteiger partial charge in [-0.25, -0.2) is 29.1 Å². The highest BCUT2D eigenvalue weighted by Crippen LogP contribution is 2.35. The first-order valence-corrected chi connectivity index (χ1v) is 21.3. The van der Waals surface area contributed by atoms with Gasteiger partial charge in [0, 0.05) is 90.1 Å². The largest absolute Gasteiger partial charge is 0.462 e. The maximum absolute atomic E-state index is 13.6. The Morgan fingerprint density at radius 3 is 1.88 bits per heavy atom. The molecule has 0 aliphatic carbocycles. The molecule has 2 aromatic carbocycles. The third-order valence-corrected chi connectivity index (χ3v) is 10.9. The van der Waals surface area contributed by atoms with Crippen LogP contribution in [-0.4, -0.2) is 128 Å². The number of nitro groups is 1. The van der Waals surface area contributed by atoms with Crippen molar-refractivity contribution >= 4 is 70.0 Å². The second-order valence-electron chi connectivity index (χ2n) is 15.3. The molecule has 2 aliphatic rings. The van der Waals surface area contributed by atoms with Gasteiger partial charge in [0.15, 0.2) is 5.69 Å². The minimum atomic E-state index is -4.92. The molecule has 67 heavy (non-hydrogen) atoms. The summed E-state index contributed by atoms with van der Waals surface area (Å²) in [5.41, 5.74) is 1.12. The molecule has 2 fully saturated rings. The van der Waals surface area contributed by atoms with Gasteiger partial charge in [-0.1, -0.05) is 11.6 Å². The molecule has 0 bridgehead atoms.